The molecule has 0 saturated carbocycles. The first-order chi connectivity index (χ1) is 12.6. The third-order valence-corrected chi connectivity index (χ3v) is 3.88. The van der Waals surface area contributed by atoms with E-state index in [2.05, 4.69) is 10.6 Å². The number of rotatable bonds is 9. The summed E-state index contributed by atoms with van der Waals surface area (Å²) >= 11 is 0. The van der Waals surface area contributed by atoms with Gasteiger partial charge in [0.2, 0.25) is 11.8 Å². The van der Waals surface area contributed by atoms with Crippen molar-refractivity contribution >= 4 is 23.2 Å². The molecular weight excluding hydrogens is 330 g/mol. The van der Waals surface area contributed by atoms with Crippen molar-refractivity contribution < 1.29 is 14.3 Å². The number of likely N-dealkylation sites (N-methyl/N-ethyl adjacent to an activating group) is 1. The van der Waals surface area contributed by atoms with E-state index in [9.17, 15) is 9.59 Å². The summed E-state index contributed by atoms with van der Waals surface area (Å²) < 4.78 is 5.15. The summed E-state index contributed by atoms with van der Waals surface area (Å²) in [6.45, 7) is 3.39. The van der Waals surface area contributed by atoms with Crippen molar-refractivity contribution in [1.82, 2.24) is 4.90 Å². The molecule has 26 heavy (non-hydrogen) atoms. The molecule has 2 aromatic carbocycles. The molecule has 0 aliphatic carbocycles. The number of carbonyl (C=O) groups excluding carboxylic acids is 2. The third kappa shape index (κ3) is 6.57. The quantitative estimate of drug-likeness (QED) is 0.725. The van der Waals surface area contributed by atoms with Crippen LogP contribution in [0.4, 0.5) is 11.4 Å². The molecule has 0 heterocycles. The first-order valence-corrected chi connectivity index (χ1v) is 8.62. The fourth-order valence-electron chi connectivity index (χ4n) is 2.46. The lowest BCUT2D eigenvalue weighted by molar-refractivity contribution is -0.119. The van der Waals surface area contributed by atoms with Crippen molar-refractivity contribution in [1.29, 1.82) is 0 Å². The van der Waals surface area contributed by atoms with Crippen molar-refractivity contribution in [3.05, 3.63) is 54.6 Å². The van der Waals surface area contributed by atoms with Crippen LogP contribution in [0, 0.1) is 0 Å². The first-order valence-electron chi connectivity index (χ1n) is 8.62. The predicted octanol–water partition coefficient (Wildman–Crippen LogP) is 2.98. The van der Waals surface area contributed by atoms with E-state index < -0.39 is 0 Å². The smallest absolute Gasteiger partial charge is 0.238 e. The second kappa shape index (κ2) is 10.2. The van der Waals surface area contributed by atoms with Gasteiger partial charge in [0.1, 0.15) is 5.75 Å². The summed E-state index contributed by atoms with van der Waals surface area (Å²) in [5, 5.41) is 5.69. The molecule has 138 valence electrons. The lowest BCUT2D eigenvalue weighted by Crippen LogP contribution is -2.35. The molecular formula is C20H25N3O3. The Morgan fingerprint density at radius 3 is 2.35 bits per heavy atom. The summed E-state index contributed by atoms with van der Waals surface area (Å²) in [5.41, 5.74) is 1.46. The molecule has 0 bridgehead atoms. The Balaban J connectivity index is 1.78. The molecule has 0 aromatic heterocycles. The zero-order valence-corrected chi connectivity index (χ0v) is 15.2. The van der Waals surface area contributed by atoms with Crippen molar-refractivity contribution in [2.45, 2.75) is 13.3 Å². The van der Waals surface area contributed by atoms with Crippen LogP contribution in [0.15, 0.2) is 54.6 Å². The molecule has 0 saturated heterocycles. The number of amides is 2. The Hall–Kier alpha value is -2.86. The Bertz CT molecular complexity index is 719. The van der Waals surface area contributed by atoms with Crippen molar-refractivity contribution in [2.75, 3.05) is 37.4 Å². The number of para-hydroxylation sites is 1. The molecule has 0 spiro atoms. The molecule has 0 atom stereocenters. The van der Waals surface area contributed by atoms with Crippen molar-refractivity contribution in [3.63, 3.8) is 0 Å². The van der Waals surface area contributed by atoms with Crippen LogP contribution in [-0.4, -0.2) is 43.5 Å². The monoisotopic (exact) mass is 355 g/mol. The Kier molecular flexibility index (Phi) is 7.64. The number of hydrogen-bond donors (Lipinski definition) is 2. The van der Waals surface area contributed by atoms with Gasteiger partial charge in [-0.2, -0.15) is 0 Å². The van der Waals surface area contributed by atoms with Crippen molar-refractivity contribution in [3.8, 4) is 5.75 Å². The van der Waals surface area contributed by atoms with Crippen LogP contribution in [0.25, 0.3) is 0 Å². The Morgan fingerprint density at radius 2 is 1.65 bits per heavy atom. The van der Waals surface area contributed by atoms with Gasteiger partial charge in [0.25, 0.3) is 0 Å². The van der Waals surface area contributed by atoms with Gasteiger partial charge in [0, 0.05) is 30.4 Å². The second-order valence-corrected chi connectivity index (χ2v) is 5.81. The largest absolute Gasteiger partial charge is 0.497 e. The Morgan fingerprint density at radius 1 is 0.962 bits per heavy atom. The minimum Gasteiger partial charge on any atom is -0.497 e. The van der Waals surface area contributed by atoms with Crippen LogP contribution in [-0.2, 0) is 9.59 Å². The fourth-order valence-corrected chi connectivity index (χ4v) is 2.46. The zero-order chi connectivity index (χ0) is 18.8. The summed E-state index contributed by atoms with van der Waals surface area (Å²) in [6.07, 6.45) is 0.329. The number of nitrogens with one attached hydrogen (secondary N) is 2. The SMILES string of the molecule is CCN(CCC(=O)Nc1ccccc1)CC(=O)Nc1cccc(OC)c1. The lowest BCUT2D eigenvalue weighted by atomic mass is 10.3. The highest BCUT2D eigenvalue weighted by atomic mass is 16.5. The van der Waals surface area contributed by atoms with E-state index in [0.29, 0.717) is 30.9 Å². The minimum absolute atomic E-state index is 0.0668. The first kappa shape index (κ1) is 19.5. The summed E-state index contributed by atoms with van der Waals surface area (Å²) in [7, 11) is 1.58. The maximum absolute atomic E-state index is 12.2. The van der Waals surface area contributed by atoms with Gasteiger partial charge < -0.3 is 15.4 Å². The molecule has 2 aromatic rings. The number of methoxy groups -OCH3 is 1. The molecule has 2 amide bonds. The molecule has 0 unspecified atom stereocenters. The summed E-state index contributed by atoms with van der Waals surface area (Å²) in [5.74, 6) is 0.499. The highest BCUT2D eigenvalue weighted by Crippen LogP contribution is 2.16. The van der Waals surface area contributed by atoms with Crippen LogP contribution in [0.3, 0.4) is 0 Å². The van der Waals surface area contributed by atoms with Gasteiger partial charge in [-0.15, -0.1) is 0 Å². The number of benzene rings is 2. The van der Waals surface area contributed by atoms with Crippen molar-refractivity contribution in [2.24, 2.45) is 0 Å². The van der Waals surface area contributed by atoms with Crippen LogP contribution in [0.1, 0.15) is 13.3 Å². The highest BCUT2D eigenvalue weighted by Gasteiger charge is 2.12. The lowest BCUT2D eigenvalue weighted by Gasteiger charge is -2.19. The number of carbonyl (C=O) groups is 2. The number of anilines is 2. The van der Waals surface area contributed by atoms with Crippen LogP contribution in [0.2, 0.25) is 0 Å². The van der Waals surface area contributed by atoms with Gasteiger partial charge >= 0.3 is 0 Å². The molecule has 6 nitrogen and oxygen atoms in total. The second-order valence-electron chi connectivity index (χ2n) is 5.81. The minimum atomic E-state index is -0.122. The molecule has 6 heteroatoms. The van der Waals surface area contributed by atoms with E-state index in [-0.39, 0.29) is 18.4 Å². The standard InChI is InChI=1S/C20H25N3O3/c1-3-23(13-12-19(24)21-16-8-5-4-6-9-16)15-20(25)22-17-10-7-11-18(14-17)26-2/h4-11,14H,3,12-13,15H2,1-2H3,(H,21,24)(H,22,25). The van der Waals surface area contributed by atoms with E-state index in [1.54, 1.807) is 13.2 Å². The number of hydrogen-bond acceptors (Lipinski definition) is 4. The van der Waals surface area contributed by atoms with Gasteiger partial charge in [-0.25, -0.2) is 0 Å². The zero-order valence-electron chi connectivity index (χ0n) is 15.2. The third-order valence-electron chi connectivity index (χ3n) is 3.88. The van der Waals surface area contributed by atoms with E-state index in [1.807, 2.05) is 60.4 Å². The fraction of sp³-hybridized carbons (Fsp3) is 0.300. The van der Waals surface area contributed by atoms with E-state index in [0.717, 1.165) is 5.69 Å². The normalized spacial score (nSPS) is 10.4. The van der Waals surface area contributed by atoms with Gasteiger partial charge in [-0.3, -0.25) is 14.5 Å². The average Bonchev–Trinajstić information content (AvgIpc) is 2.66. The van der Waals surface area contributed by atoms with Gasteiger partial charge in [-0.1, -0.05) is 31.2 Å². The van der Waals surface area contributed by atoms with Gasteiger partial charge in [0.15, 0.2) is 0 Å². The van der Waals surface area contributed by atoms with Crippen LogP contribution >= 0.6 is 0 Å². The summed E-state index contributed by atoms with van der Waals surface area (Å²) in [6, 6.07) is 16.5. The van der Waals surface area contributed by atoms with E-state index in [1.165, 1.54) is 0 Å². The Labute approximate surface area is 154 Å². The van der Waals surface area contributed by atoms with Crippen LogP contribution in [0.5, 0.6) is 5.75 Å². The van der Waals surface area contributed by atoms with Crippen LogP contribution < -0.4 is 15.4 Å². The van der Waals surface area contributed by atoms with Gasteiger partial charge in [-0.05, 0) is 30.8 Å². The highest BCUT2D eigenvalue weighted by molar-refractivity contribution is 5.93. The van der Waals surface area contributed by atoms with E-state index in [4.69, 9.17) is 4.74 Å². The maximum atomic E-state index is 12.2. The maximum Gasteiger partial charge on any atom is 0.238 e. The predicted molar refractivity (Wildman–Crippen MR) is 103 cm³/mol. The number of nitrogens with zero attached hydrogens (tertiary/aromatic N) is 1. The van der Waals surface area contributed by atoms with Gasteiger partial charge in [0.05, 0.1) is 13.7 Å². The molecule has 0 aliphatic heterocycles. The average molecular weight is 355 g/mol. The number of ether oxygens (including phenoxy) is 1. The topological polar surface area (TPSA) is 70.7 Å². The summed E-state index contributed by atoms with van der Waals surface area (Å²) in [4.78, 5) is 26.2. The molecule has 2 rings (SSSR count). The molecule has 0 fully saturated rings. The molecule has 0 aliphatic rings. The molecule has 0 radical (unpaired) electrons. The van der Waals surface area contributed by atoms with E-state index >= 15 is 0 Å². The molecule has 2 N–H and O–H groups in total.